The van der Waals surface area contributed by atoms with E-state index in [1.807, 2.05) is 48.5 Å². The van der Waals surface area contributed by atoms with Crippen molar-refractivity contribution in [2.24, 2.45) is 0 Å². The summed E-state index contributed by atoms with van der Waals surface area (Å²) in [7, 11) is 0. The Morgan fingerprint density at radius 3 is 1.37 bits per heavy atom. The number of nitrogens with zero attached hydrogens (tertiary/aromatic N) is 6. The Bertz CT molecular complexity index is 1820. The van der Waals surface area contributed by atoms with Crippen LogP contribution in [0.25, 0.3) is 30.4 Å². The molecule has 0 amide bonds. The lowest BCUT2D eigenvalue weighted by Gasteiger charge is -2.15. The van der Waals surface area contributed by atoms with Gasteiger partial charge in [0.2, 0.25) is 10.3 Å². The molecule has 2 aromatic carbocycles. The second-order valence-electron chi connectivity index (χ2n) is 11.2. The van der Waals surface area contributed by atoms with Crippen molar-refractivity contribution in [3.8, 4) is 10.3 Å². The Morgan fingerprint density at radius 2 is 0.930 bits per heavy atom. The van der Waals surface area contributed by atoms with Crippen molar-refractivity contribution in [3.63, 3.8) is 0 Å². The number of fused-ring (bicyclic) bond motifs is 2. The average molecular weight is 649 g/mol. The van der Waals surface area contributed by atoms with Gasteiger partial charge in [0, 0.05) is 11.8 Å². The van der Waals surface area contributed by atoms with Gasteiger partial charge in [-0.15, -0.1) is 20.4 Å². The topological polar surface area (TPSA) is 95.6 Å². The minimum Gasteiger partial charge on any atom is -0.267 e. The van der Waals surface area contributed by atoms with Crippen molar-refractivity contribution >= 4 is 65.9 Å². The largest absolute Gasteiger partial charge is 0.275 e. The van der Waals surface area contributed by atoms with Gasteiger partial charge in [-0.1, -0.05) is 91.9 Å². The third-order valence-corrected chi connectivity index (χ3v) is 12.9. The van der Waals surface area contributed by atoms with E-state index in [4.69, 9.17) is 0 Å². The van der Waals surface area contributed by atoms with Gasteiger partial charge in [0.15, 0.2) is 0 Å². The Hall–Kier alpha value is -3.06. The predicted molar refractivity (Wildman–Crippen MR) is 178 cm³/mol. The van der Waals surface area contributed by atoms with Crippen LogP contribution in [0.15, 0.2) is 58.1 Å². The Balaban J connectivity index is 1.05. The minimum absolute atomic E-state index is 0.0126. The van der Waals surface area contributed by atoms with Crippen LogP contribution >= 0.6 is 45.7 Å². The van der Waals surface area contributed by atoms with Gasteiger partial charge in [0.25, 0.3) is 11.1 Å². The van der Waals surface area contributed by atoms with Crippen molar-refractivity contribution in [2.75, 3.05) is 0 Å². The lowest BCUT2D eigenvalue weighted by atomic mass is 9.93. The monoisotopic (exact) mass is 648 g/mol. The van der Waals surface area contributed by atoms with Gasteiger partial charge in [0.1, 0.15) is 10.0 Å². The van der Waals surface area contributed by atoms with E-state index in [9.17, 15) is 9.59 Å². The SMILES string of the molecule is O=c1c2ccccc2sn1-c1nnc(C2CCCCCCCC(c3nnc(-n4sc5ccccc5c4=O)s3)CCCC2)s1. The molecule has 1 aliphatic rings. The summed E-state index contributed by atoms with van der Waals surface area (Å²) in [6.45, 7) is 0. The van der Waals surface area contributed by atoms with E-state index in [1.165, 1.54) is 55.2 Å². The van der Waals surface area contributed by atoms with Crippen LogP contribution in [0, 0.1) is 0 Å². The molecule has 2 unspecified atom stereocenters. The van der Waals surface area contributed by atoms with E-state index in [0.717, 1.165) is 68.7 Å². The van der Waals surface area contributed by atoms with Gasteiger partial charge in [-0.2, -0.15) is 0 Å². The van der Waals surface area contributed by atoms with Crippen LogP contribution in [-0.2, 0) is 0 Å². The Kier molecular flexibility index (Phi) is 8.60. The summed E-state index contributed by atoms with van der Waals surface area (Å²) in [5.74, 6) is 0.729. The van der Waals surface area contributed by atoms with Gasteiger partial charge in [-0.25, -0.2) is 7.91 Å². The molecule has 1 saturated carbocycles. The molecule has 0 aliphatic heterocycles. The van der Waals surface area contributed by atoms with Gasteiger partial charge in [0.05, 0.1) is 20.2 Å². The molecule has 8 nitrogen and oxygen atoms in total. The van der Waals surface area contributed by atoms with E-state index >= 15 is 0 Å². The number of benzene rings is 2. The van der Waals surface area contributed by atoms with Gasteiger partial charge in [-0.3, -0.25) is 9.59 Å². The van der Waals surface area contributed by atoms with Crippen LogP contribution < -0.4 is 11.1 Å². The number of aromatic nitrogens is 6. The first-order valence-corrected chi connectivity index (χ1v) is 18.2. The summed E-state index contributed by atoms with van der Waals surface area (Å²) in [6, 6.07) is 15.4. The van der Waals surface area contributed by atoms with Crippen LogP contribution in [0.5, 0.6) is 0 Å². The highest BCUT2D eigenvalue weighted by atomic mass is 32.1. The third kappa shape index (κ3) is 6.02. The van der Waals surface area contributed by atoms with Crippen LogP contribution in [0.2, 0.25) is 0 Å². The zero-order valence-corrected chi connectivity index (χ0v) is 27.0. The van der Waals surface area contributed by atoms with Crippen LogP contribution in [0.4, 0.5) is 0 Å². The van der Waals surface area contributed by atoms with E-state index in [2.05, 4.69) is 20.4 Å². The van der Waals surface area contributed by atoms with E-state index in [-0.39, 0.29) is 11.1 Å². The fourth-order valence-electron chi connectivity index (χ4n) is 6.02. The molecule has 222 valence electrons. The van der Waals surface area contributed by atoms with Crippen LogP contribution in [0.1, 0.15) is 92.5 Å². The Morgan fingerprint density at radius 1 is 0.535 bits per heavy atom. The van der Waals surface area contributed by atoms with Gasteiger partial charge >= 0.3 is 0 Å². The van der Waals surface area contributed by atoms with Crippen molar-refractivity contribution in [2.45, 2.75) is 82.5 Å². The summed E-state index contributed by atoms with van der Waals surface area (Å²) < 4.78 is 5.33. The van der Waals surface area contributed by atoms with Gasteiger partial charge in [-0.05, 0) is 73.0 Å². The lowest BCUT2D eigenvalue weighted by Crippen LogP contribution is -2.10. The molecule has 12 heteroatoms. The fraction of sp³-hybridized carbons (Fsp3) is 0.419. The smallest absolute Gasteiger partial charge is 0.267 e. The highest BCUT2D eigenvalue weighted by Crippen LogP contribution is 2.36. The fourth-order valence-corrected chi connectivity index (χ4v) is 10.1. The molecule has 0 bridgehead atoms. The summed E-state index contributed by atoms with van der Waals surface area (Å²) in [6.07, 6.45) is 12.7. The molecular weight excluding hydrogens is 617 g/mol. The Labute approximate surface area is 265 Å². The maximum Gasteiger partial charge on any atom is 0.275 e. The zero-order chi connectivity index (χ0) is 29.2. The van der Waals surface area contributed by atoms with Crippen molar-refractivity contribution in [1.29, 1.82) is 0 Å². The molecule has 4 aromatic heterocycles. The lowest BCUT2D eigenvalue weighted by molar-refractivity contribution is 0.481. The van der Waals surface area contributed by atoms with Crippen molar-refractivity contribution in [3.05, 3.63) is 79.3 Å². The predicted octanol–water partition coefficient (Wildman–Crippen LogP) is 8.29. The second kappa shape index (κ2) is 12.9. The molecule has 2 atom stereocenters. The second-order valence-corrected chi connectivity index (χ2v) is 15.2. The summed E-state index contributed by atoms with van der Waals surface area (Å²) in [4.78, 5) is 26.0. The van der Waals surface area contributed by atoms with E-state index < -0.39 is 0 Å². The molecule has 6 aromatic rings. The van der Waals surface area contributed by atoms with Crippen molar-refractivity contribution < 1.29 is 0 Å². The maximum atomic E-state index is 13.0. The number of rotatable bonds is 4. The van der Waals surface area contributed by atoms with Crippen molar-refractivity contribution in [1.82, 2.24) is 28.3 Å². The molecule has 43 heavy (non-hydrogen) atoms. The number of hydrogen-bond acceptors (Lipinski definition) is 10. The average Bonchev–Trinajstić information content (AvgIpc) is 3.83. The number of hydrogen-bond donors (Lipinski definition) is 0. The molecule has 0 spiro atoms. The first-order chi connectivity index (χ1) is 21.2. The minimum atomic E-state index is -0.0126. The quantitative estimate of drug-likeness (QED) is 0.191. The summed E-state index contributed by atoms with van der Waals surface area (Å²) >= 11 is 6.03. The summed E-state index contributed by atoms with van der Waals surface area (Å²) in [5.41, 5.74) is -0.0253. The standard InChI is InChI=1S/C31H32N6O2S4/c38-28-22-16-8-10-18-24(22)42-36(28)30-34-32-26(40-30)20-12-4-2-1-3-5-13-21(15-7-6-14-20)27-33-35-31(41-27)37-29(39)23-17-9-11-19-25(23)43-37/h8-11,16-21H,1-7,12-15H2. The highest BCUT2D eigenvalue weighted by Gasteiger charge is 2.22. The molecule has 0 radical (unpaired) electrons. The van der Waals surface area contributed by atoms with Crippen LogP contribution in [0.3, 0.4) is 0 Å². The maximum absolute atomic E-state index is 13.0. The summed E-state index contributed by atoms with van der Waals surface area (Å²) in [5, 5.41) is 23.1. The van der Waals surface area contributed by atoms with E-state index in [0.29, 0.717) is 22.1 Å². The third-order valence-electron chi connectivity index (χ3n) is 8.35. The first kappa shape index (κ1) is 28.7. The van der Waals surface area contributed by atoms with Gasteiger partial charge < -0.3 is 0 Å². The molecular formula is C31H32N6O2S4. The molecule has 1 aliphatic carbocycles. The molecule has 0 saturated heterocycles. The van der Waals surface area contributed by atoms with E-state index in [1.54, 1.807) is 30.6 Å². The first-order valence-electron chi connectivity index (χ1n) is 15.1. The molecule has 0 N–H and O–H groups in total. The molecule has 7 rings (SSSR count). The molecule has 4 heterocycles. The molecule has 1 fully saturated rings. The normalized spacial score (nSPS) is 19.3. The highest BCUT2D eigenvalue weighted by molar-refractivity contribution is 7.19. The zero-order valence-electron chi connectivity index (χ0n) is 23.7. The van der Waals surface area contributed by atoms with Crippen LogP contribution in [-0.4, -0.2) is 28.3 Å².